The molecule has 0 unspecified atom stereocenters. The van der Waals surface area contributed by atoms with Gasteiger partial charge >= 0.3 is 0 Å². The van der Waals surface area contributed by atoms with E-state index in [2.05, 4.69) is 39.4 Å². The van der Waals surface area contributed by atoms with E-state index >= 15 is 0 Å². The van der Waals surface area contributed by atoms with Crippen LogP contribution in [0.15, 0.2) is 5.16 Å². The van der Waals surface area contributed by atoms with E-state index in [-0.39, 0.29) is 0 Å². The molecule has 0 saturated heterocycles. The molecule has 10 heteroatoms. The van der Waals surface area contributed by atoms with Gasteiger partial charge < -0.3 is 21.3 Å². The molecule has 1 aliphatic carbocycles. The number of nitrogens with one attached hydrogen (secondary N) is 1. The third-order valence-electron chi connectivity index (χ3n) is 4.57. The van der Waals surface area contributed by atoms with E-state index in [4.69, 9.17) is 5.73 Å². The van der Waals surface area contributed by atoms with Crippen LogP contribution in [0.2, 0.25) is 0 Å². The van der Waals surface area contributed by atoms with Gasteiger partial charge in [0.2, 0.25) is 0 Å². The summed E-state index contributed by atoms with van der Waals surface area (Å²) in [5.41, 5.74) is 7.03. The Balaban J connectivity index is 1.98. The highest BCUT2D eigenvalue weighted by atomic mass is 32.2. The molecule has 1 saturated carbocycles. The topological polar surface area (TPSA) is 135 Å². The maximum Gasteiger partial charge on any atom is 0.191 e. The first kappa shape index (κ1) is 19.3. The van der Waals surface area contributed by atoms with E-state index < -0.39 is 24.3 Å². The molecule has 1 fully saturated rings. The largest absolute Gasteiger partial charge is 0.389 e. The van der Waals surface area contributed by atoms with Gasteiger partial charge in [0.15, 0.2) is 22.1 Å². The second-order valence-electron chi connectivity index (χ2n) is 6.64. The van der Waals surface area contributed by atoms with Gasteiger partial charge in [-0.1, -0.05) is 37.2 Å². The summed E-state index contributed by atoms with van der Waals surface area (Å²) in [5, 5.41) is 32.7. The maximum absolute atomic E-state index is 10.3. The Bertz CT molecular complexity index is 741. The van der Waals surface area contributed by atoms with Crippen LogP contribution < -0.4 is 11.1 Å². The third kappa shape index (κ3) is 3.78. The lowest BCUT2D eigenvalue weighted by Crippen LogP contribution is -2.36. The fourth-order valence-corrected chi connectivity index (χ4v) is 3.77. The predicted molar refractivity (Wildman–Crippen MR) is 101 cm³/mol. The SMILES string of the molecule is CCCCNc1nc(SCCC)nc2c1nnn2[C@@H]1C[C@H](N)[C@@H](O)[C@H]1O. The van der Waals surface area contributed by atoms with E-state index in [1.54, 1.807) is 16.4 Å². The third-order valence-corrected chi connectivity index (χ3v) is 5.62. The Morgan fingerprint density at radius 2 is 2.04 bits per heavy atom. The summed E-state index contributed by atoms with van der Waals surface area (Å²) >= 11 is 1.58. The number of hydrogen-bond acceptors (Lipinski definition) is 9. The molecule has 3 rings (SSSR count). The molecule has 0 aliphatic heterocycles. The van der Waals surface area contributed by atoms with Crippen molar-refractivity contribution in [1.29, 1.82) is 0 Å². The summed E-state index contributed by atoms with van der Waals surface area (Å²) in [6.45, 7) is 5.03. The van der Waals surface area contributed by atoms with Crippen molar-refractivity contribution in [3.05, 3.63) is 0 Å². The van der Waals surface area contributed by atoms with Crippen LogP contribution in [0.1, 0.15) is 45.6 Å². The van der Waals surface area contributed by atoms with Gasteiger partial charge in [0, 0.05) is 18.3 Å². The molecule has 0 amide bonds. The van der Waals surface area contributed by atoms with E-state index in [0.29, 0.717) is 28.6 Å². The fourth-order valence-electron chi connectivity index (χ4n) is 3.08. The van der Waals surface area contributed by atoms with Crippen molar-refractivity contribution in [2.75, 3.05) is 17.6 Å². The quantitative estimate of drug-likeness (QED) is 0.299. The standard InChI is InChI=1S/C16H27N7O2S/c1-3-5-6-18-14-11-15(20-16(19-14)26-7-4-2)23(22-21-11)10-8-9(17)12(24)13(10)25/h9-10,12-13,24-25H,3-8,17H2,1-2H3,(H,18,19,20)/t9-,10+,12+,13-/m0/s1. The number of aliphatic hydroxyl groups is 2. The predicted octanol–water partition coefficient (Wildman–Crippen LogP) is 0.929. The van der Waals surface area contributed by atoms with E-state index in [0.717, 1.165) is 31.6 Å². The van der Waals surface area contributed by atoms with Gasteiger partial charge in [-0.2, -0.15) is 0 Å². The number of rotatable bonds is 8. The Morgan fingerprint density at radius 1 is 1.23 bits per heavy atom. The van der Waals surface area contributed by atoms with Gasteiger partial charge in [-0.15, -0.1) is 5.10 Å². The zero-order valence-electron chi connectivity index (χ0n) is 15.2. The Hall–Kier alpha value is -1.49. The van der Waals surface area contributed by atoms with Crippen molar-refractivity contribution in [3.63, 3.8) is 0 Å². The van der Waals surface area contributed by atoms with Crippen LogP contribution in [0.3, 0.4) is 0 Å². The number of fused-ring (bicyclic) bond motifs is 1. The minimum absolute atomic E-state index is 0.417. The fraction of sp³-hybridized carbons (Fsp3) is 0.750. The van der Waals surface area contributed by atoms with Crippen LogP contribution in [-0.2, 0) is 0 Å². The molecule has 0 radical (unpaired) electrons. The van der Waals surface area contributed by atoms with Crippen LogP contribution in [0.5, 0.6) is 0 Å². The first-order valence-electron chi connectivity index (χ1n) is 9.18. The highest BCUT2D eigenvalue weighted by molar-refractivity contribution is 7.99. The van der Waals surface area contributed by atoms with Crippen LogP contribution in [0, 0.1) is 0 Å². The summed E-state index contributed by atoms with van der Waals surface area (Å²) in [4.78, 5) is 9.19. The molecule has 2 aromatic heterocycles. The molecule has 1 aliphatic rings. The summed E-state index contributed by atoms with van der Waals surface area (Å²) in [6.07, 6.45) is 1.57. The molecule has 2 aromatic rings. The average molecular weight is 382 g/mol. The Labute approximate surface area is 156 Å². The Kier molecular flexibility index (Phi) is 6.28. The average Bonchev–Trinajstić information content (AvgIpc) is 3.16. The highest BCUT2D eigenvalue weighted by Crippen LogP contribution is 2.32. The number of hydrogen-bond donors (Lipinski definition) is 4. The van der Waals surface area contributed by atoms with Gasteiger partial charge in [-0.05, 0) is 19.3 Å². The molecule has 2 heterocycles. The second-order valence-corrected chi connectivity index (χ2v) is 7.70. The van der Waals surface area contributed by atoms with Crippen molar-refractivity contribution < 1.29 is 10.2 Å². The molecule has 26 heavy (non-hydrogen) atoms. The van der Waals surface area contributed by atoms with Crippen LogP contribution in [0.4, 0.5) is 5.82 Å². The number of anilines is 1. The number of nitrogens with zero attached hydrogens (tertiary/aromatic N) is 5. The second kappa shape index (κ2) is 8.47. The van der Waals surface area contributed by atoms with Crippen molar-refractivity contribution >= 4 is 28.7 Å². The molecule has 0 aromatic carbocycles. The summed E-state index contributed by atoms with van der Waals surface area (Å²) < 4.78 is 1.58. The number of unbranched alkanes of at least 4 members (excludes halogenated alkanes) is 1. The molecule has 4 atom stereocenters. The number of thioether (sulfide) groups is 1. The highest BCUT2D eigenvalue weighted by Gasteiger charge is 2.42. The Morgan fingerprint density at radius 3 is 2.69 bits per heavy atom. The van der Waals surface area contributed by atoms with Gasteiger partial charge in [-0.25, -0.2) is 14.6 Å². The lowest BCUT2D eigenvalue weighted by Gasteiger charge is -2.16. The number of aliphatic hydroxyl groups excluding tert-OH is 2. The van der Waals surface area contributed by atoms with Crippen molar-refractivity contribution in [2.45, 2.75) is 69.0 Å². The molecule has 0 bridgehead atoms. The van der Waals surface area contributed by atoms with Gasteiger partial charge in [-0.3, -0.25) is 0 Å². The lowest BCUT2D eigenvalue weighted by molar-refractivity contribution is 0.0163. The summed E-state index contributed by atoms with van der Waals surface area (Å²) in [5.74, 6) is 1.57. The van der Waals surface area contributed by atoms with Gasteiger partial charge in [0.05, 0.1) is 12.1 Å². The zero-order valence-corrected chi connectivity index (χ0v) is 16.0. The number of nitrogens with two attached hydrogens (primary N) is 1. The summed E-state index contributed by atoms with van der Waals surface area (Å²) in [7, 11) is 0. The van der Waals surface area contributed by atoms with E-state index in [9.17, 15) is 10.2 Å². The first-order chi connectivity index (χ1) is 12.6. The minimum Gasteiger partial charge on any atom is -0.389 e. The molecule has 9 nitrogen and oxygen atoms in total. The number of aromatic nitrogens is 5. The maximum atomic E-state index is 10.3. The van der Waals surface area contributed by atoms with Crippen molar-refractivity contribution in [1.82, 2.24) is 25.0 Å². The molecule has 144 valence electrons. The summed E-state index contributed by atoms with van der Waals surface area (Å²) in [6, 6.07) is -0.945. The molecular formula is C16H27N7O2S. The van der Waals surface area contributed by atoms with Crippen LogP contribution >= 0.6 is 11.8 Å². The smallest absolute Gasteiger partial charge is 0.191 e. The first-order valence-corrected chi connectivity index (χ1v) is 10.2. The van der Waals surface area contributed by atoms with Crippen molar-refractivity contribution in [3.8, 4) is 0 Å². The van der Waals surface area contributed by atoms with Gasteiger partial charge in [0.1, 0.15) is 6.10 Å². The monoisotopic (exact) mass is 381 g/mol. The zero-order chi connectivity index (χ0) is 18.7. The minimum atomic E-state index is -0.992. The van der Waals surface area contributed by atoms with Gasteiger partial charge in [0.25, 0.3) is 0 Å². The van der Waals surface area contributed by atoms with Crippen molar-refractivity contribution in [2.24, 2.45) is 5.73 Å². The van der Waals surface area contributed by atoms with E-state index in [1.165, 1.54) is 0 Å². The normalized spacial score (nSPS) is 25.9. The van der Waals surface area contributed by atoms with Crippen LogP contribution in [0.25, 0.3) is 11.2 Å². The lowest BCUT2D eigenvalue weighted by atomic mass is 10.2. The van der Waals surface area contributed by atoms with E-state index in [1.807, 2.05) is 0 Å². The molecule has 5 N–H and O–H groups in total. The molecule has 0 spiro atoms. The van der Waals surface area contributed by atoms with Crippen LogP contribution in [-0.4, -0.2) is 65.7 Å². The molecular weight excluding hydrogens is 354 g/mol.